The Morgan fingerprint density at radius 1 is 1.12 bits per heavy atom. The standard InChI is InChI=1S/C18H21FN2O3S/c1-24-17-9-11-21(12-10-17)16-7-5-15(6-8-16)20-25(22,23)18-4-2-3-14(19)13-18/h2-8,13,17,20H,9-12H2,1H3. The zero-order chi connectivity index (χ0) is 17.9. The Hall–Kier alpha value is -2.12. The van der Waals surface area contributed by atoms with E-state index in [-0.39, 0.29) is 4.90 Å². The third-order valence-electron chi connectivity index (χ3n) is 4.37. The number of anilines is 2. The molecule has 1 N–H and O–H groups in total. The minimum atomic E-state index is -3.80. The number of hydrogen-bond acceptors (Lipinski definition) is 4. The Morgan fingerprint density at radius 3 is 2.40 bits per heavy atom. The molecular formula is C18H21FN2O3S. The average Bonchev–Trinajstić information content (AvgIpc) is 2.62. The van der Waals surface area contributed by atoms with Gasteiger partial charge < -0.3 is 9.64 Å². The van der Waals surface area contributed by atoms with E-state index in [4.69, 9.17) is 4.74 Å². The van der Waals surface area contributed by atoms with Crippen LogP contribution in [0.1, 0.15) is 12.8 Å². The summed E-state index contributed by atoms with van der Waals surface area (Å²) in [6, 6.07) is 12.1. The molecule has 0 bridgehead atoms. The first-order valence-corrected chi connectivity index (χ1v) is 9.62. The van der Waals surface area contributed by atoms with Gasteiger partial charge in [-0.15, -0.1) is 0 Å². The first kappa shape index (κ1) is 17.7. The van der Waals surface area contributed by atoms with Crippen molar-refractivity contribution in [1.82, 2.24) is 0 Å². The molecule has 2 aromatic carbocycles. The molecule has 1 fully saturated rings. The number of sulfonamides is 1. The fourth-order valence-corrected chi connectivity index (χ4v) is 4.03. The highest BCUT2D eigenvalue weighted by Crippen LogP contribution is 2.24. The van der Waals surface area contributed by atoms with Crippen LogP contribution in [0.25, 0.3) is 0 Å². The lowest BCUT2D eigenvalue weighted by Gasteiger charge is -2.33. The predicted octanol–water partition coefficient (Wildman–Crippen LogP) is 3.24. The third kappa shape index (κ3) is 4.29. The fourth-order valence-electron chi connectivity index (χ4n) is 2.94. The van der Waals surface area contributed by atoms with Gasteiger partial charge in [0.1, 0.15) is 5.82 Å². The van der Waals surface area contributed by atoms with Crippen LogP contribution in [0.3, 0.4) is 0 Å². The number of rotatable bonds is 5. The minimum absolute atomic E-state index is 0.0989. The number of methoxy groups -OCH3 is 1. The summed E-state index contributed by atoms with van der Waals surface area (Å²) in [5.41, 5.74) is 1.49. The molecule has 3 rings (SSSR count). The second-order valence-electron chi connectivity index (χ2n) is 6.03. The van der Waals surface area contributed by atoms with Crippen molar-refractivity contribution < 1.29 is 17.5 Å². The zero-order valence-corrected chi connectivity index (χ0v) is 14.8. The van der Waals surface area contributed by atoms with Gasteiger partial charge in [-0.25, -0.2) is 12.8 Å². The normalized spacial score (nSPS) is 16.0. The van der Waals surface area contributed by atoms with E-state index in [9.17, 15) is 12.8 Å². The largest absolute Gasteiger partial charge is 0.381 e. The fraction of sp³-hybridized carbons (Fsp3) is 0.333. The maximum atomic E-state index is 13.2. The first-order valence-electron chi connectivity index (χ1n) is 8.14. The van der Waals surface area contributed by atoms with E-state index >= 15 is 0 Å². The first-order chi connectivity index (χ1) is 12.0. The molecule has 0 spiro atoms. The van der Waals surface area contributed by atoms with E-state index < -0.39 is 15.8 Å². The molecular weight excluding hydrogens is 343 g/mol. The monoisotopic (exact) mass is 364 g/mol. The molecule has 0 amide bonds. The van der Waals surface area contributed by atoms with Crippen LogP contribution in [0.2, 0.25) is 0 Å². The van der Waals surface area contributed by atoms with Gasteiger partial charge in [0.25, 0.3) is 10.0 Å². The van der Waals surface area contributed by atoms with Gasteiger partial charge in [-0.05, 0) is 55.3 Å². The lowest BCUT2D eigenvalue weighted by molar-refractivity contribution is 0.0819. The molecule has 5 nitrogen and oxygen atoms in total. The molecule has 25 heavy (non-hydrogen) atoms. The molecule has 0 aromatic heterocycles. The van der Waals surface area contributed by atoms with E-state index in [2.05, 4.69) is 9.62 Å². The van der Waals surface area contributed by atoms with Crippen molar-refractivity contribution in [2.24, 2.45) is 0 Å². The summed E-state index contributed by atoms with van der Waals surface area (Å²) in [5.74, 6) is -0.585. The van der Waals surface area contributed by atoms with Crippen LogP contribution in [0.4, 0.5) is 15.8 Å². The topological polar surface area (TPSA) is 58.6 Å². The Morgan fingerprint density at radius 2 is 1.80 bits per heavy atom. The molecule has 1 aliphatic heterocycles. The molecule has 1 aliphatic rings. The van der Waals surface area contributed by atoms with Crippen LogP contribution < -0.4 is 9.62 Å². The summed E-state index contributed by atoms with van der Waals surface area (Å²) in [6.07, 6.45) is 2.27. The summed E-state index contributed by atoms with van der Waals surface area (Å²) in [7, 11) is -2.07. The second-order valence-corrected chi connectivity index (χ2v) is 7.71. The highest BCUT2D eigenvalue weighted by molar-refractivity contribution is 7.92. The molecule has 1 saturated heterocycles. The van der Waals surface area contributed by atoms with Crippen molar-refractivity contribution in [3.63, 3.8) is 0 Å². The molecule has 0 atom stereocenters. The predicted molar refractivity (Wildman–Crippen MR) is 95.9 cm³/mol. The Balaban J connectivity index is 1.68. The minimum Gasteiger partial charge on any atom is -0.381 e. The van der Waals surface area contributed by atoms with Crippen molar-refractivity contribution in [1.29, 1.82) is 0 Å². The number of ether oxygens (including phenoxy) is 1. The number of benzene rings is 2. The van der Waals surface area contributed by atoms with Gasteiger partial charge in [-0.3, -0.25) is 4.72 Å². The highest BCUT2D eigenvalue weighted by Gasteiger charge is 2.19. The van der Waals surface area contributed by atoms with E-state index in [1.54, 1.807) is 19.2 Å². The lowest BCUT2D eigenvalue weighted by atomic mass is 10.1. The second kappa shape index (κ2) is 7.41. The van der Waals surface area contributed by atoms with E-state index in [0.717, 1.165) is 37.7 Å². The molecule has 2 aromatic rings. The molecule has 0 unspecified atom stereocenters. The quantitative estimate of drug-likeness (QED) is 0.885. The number of nitrogens with zero attached hydrogens (tertiary/aromatic N) is 1. The van der Waals surface area contributed by atoms with Crippen LogP contribution in [-0.2, 0) is 14.8 Å². The van der Waals surface area contributed by atoms with Crippen molar-refractivity contribution >= 4 is 21.4 Å². The van der Waals surface area contributed by atoms with Crippen molar-refractivity contribution in [3.05, 3.63) is 54.3 Å². The molecule has 1 heterocycles. The Bertz CT molecular complexity index is 816. The third-order valence-corrected chi connectivity index (χ3v) is 5.75. The number of piperidine rings is 1. The maximum Gasteiger partial charge on any atom is 0.261 e. The highest BCUT2D eigenvalue weighted by atomic mass is 32.2. The van der Waals surface area contributed by atoms with E-state index in [1.807, 2.05) is 12.1 Å². The van der Waals surface area contributed by atoms with Gasteiger partial charge in [0, 0.05) is 31.6 Å². The van der Waals surface area contributed by atoms with Crippen LogP contribution in [0, 0.1) is 5.82 Å². The van der Waals surface area contributed by atoms with Crippen LogP contribution in [0.5, 0.6) is 0 Å². The van der Waals surface area contributed by atoms with Gasteiger partial charge >= 0.3 is 0 Å². The van der Waals surface area contributed by atoms with Gasteiger partial charge in [0.2, 0.25) is 0 Å². The van der Waals surface area contributed by atoms with Gasteiger partial charge in [-0.1, -0.05) is 6.07 Å². The number of nitrogens with one attached hydrogen (secondary N) is 1. The number of hydrogen-bond donors (Lipinski definition) is 1. The zero-order valence-electron chi connectivity index (χ0n) is 14.0. The maximum absolute atomic E-state index is 13.2. The smallest absolute Gasteiger partial charge is 0.261 e. The van der Waals surface area contributed by atoms with E-state index in [0.29, 0.717) is 11.8 Å². The van der Waals surface area contributed by atoms with Crippen molar-refractivity contribution in [2.75, 3.05) is 29.8 Å². The van der Waals surface area contributed by atoms with Crippen molar-refractivity contribution in [3.8, 4) is 0 Å². The summed E-state index contributed by atoms with van der Waals surface area (Å²) in [4.78, 5) is 2.15. The Kier molecular flexibility index (Phi) is 5.24. The molecule has 0 aliphatic carbocycles. The Labute approximate surface area is 147 Å². The van der Waals surface area contributed by atoms with Crippen LogP contribution in [0.15, 0.2) is 53.4 Å². The van der Waals surface area contributed by atoms with Crippen LogP contribution in [-0.4, -0.2) is 34.7 Å². The molecule has 0 radical (unpaired) electrons. The average molecular weight is 364 g/mol. The van der Waals surface area contributed by atoms with Gasteiger partial charge in [-0.2, -0.15) is 0 Å². The van der Waals surface area contributed by atoms with Crippen LogP contribution >= 0.6 is 0 Å². The van der Waals surface area contributed by atoms with E-state index in [1.165, 1.54) is 18.2 Å². The molecule has 134 valence electrons. The summed E-state index contributed by atoms with van der Waals surface area (Å²) in [6.45, 7) is 1.82. The van der Waals surface area contributed by atoms with Gasteiger partial charge in [0.15, 0.2) is 0 Å². The molecule has 7 heteroatoms. The lowest BCUT2D eigenvalue weighted by Crippen LogP contribution is -2.36. The SMILES string of the molecule is COC1CCN(c2ccc(NS(=O)(=O)c3cccc(F)c3)cc2)CC1. The summed E-state index contributed by atoms with van der Waals surface area (Å²) in [5, 5.41) is 0. The summed E-state index contributed by atoms with van der Waals surface area (Å²) >= 11 is 0. The number of halogens is 1. The van der Waals surface area contributed by atoms with Gasteiger partial charge in [0.05, 0.1) is 11.0 Å². The summed E-state index contributed by atoms with van der Waals surface area (Å²) < 4.78 is 45.7. The van der Waals surface area contributed by atoms with Crippen molar-refractivity contribution in [2.45, 2.75) is 23.8 Å². The molecule has 0 saturated carbocycles.